The highest BCUT2D eigenvalue weighted by Crippen LogP contribution is 2.08. The molecular weight excluding hydrogens is 260 g/mol. The number of carbonyl (C=O) groups is 2. The molecule has 5 nitrogen and oxygen atoms in total. The van der Waals surface area contributed by atoms with Crippen molar-refractivity contribution < 1.29 is 23.8 Å². The first-order chi connectivity index (χ1) is 9.60. The van der Waals surface area contributed by atoms with Crippen molar-refractivity contribution in [2.45, 2.75) is 65.4 Å². The normalized spacial score (nSPS) is 11.9. The van der Waals surface area contributed by atoms with Crippen LogP contribution >= 0.6 is 0 Å². The van der Waals surface area contributed by atoms with Gasteiger partial charge in [0, 0.05) is 0 Å². The molecule has 0 aliphatic carbocycles. The first-order valence-electron chi connectivity index (χ1n) is 7.53. The zero-order valence-corrected chi connectivity index (χ0v) is 13.0. The third-order valence-corrected chi connectivity index (χ3v) is 2.70. The Bertz CT molecular complexity index is 265. The van der Waals surface area contributed by atoms with Gasteiger partial charge < -0.3 is 14.2 Å². The Hall–Kier alpha value is -1.10. The van der Waals surface area contributed by atoms with Crippen LogP contribution in [0.5, 0.6) is 0 Å². The number of ether oxygens (including phenoxy) is 3. The molecule has 118 valence electrons. The van der Waals surface area contributed by atoms with Crippen LogP contribution in [-0.4, -0.2) is 37.9 Å². The molecule has 0 aliphatic rings. The first kappa shape index (κ1) is 18.9. The summed E-state index contributed by atoms with van der Waals surface area (Å²) in [5.41, 5.74) is 0. The molecule has 0 bridgehead atoms. The Morgan fingerprint density at radius 2 is 1.65 bits per heavy atom. The van der Waals surface area contributed by atoms with Crippen molar-refractivity contribution in [2.24, 2.45) is 0 Å². The lowest BCUT2D eigenvalue weighted by atomic mass is 10.1. The molecular formula is C15H28O5. The Morgan fingerprint density at radius 1 is 0.950 bits per heavy atom. The molecule has 0 N–H and O–H groups in total. The van der Waals surface area contributed by atoms with Crippen LogP contribution in [0.2, 0.25) is 0 Å². The van der Waals surface area contributed by atoms with E-state index in [1.54, 1.807) is 0 Å². The fourth-order valence-electron chi connectivity index (χ4n) is 1.65. The summed E-state index contributed by atoms with van der Waals surface area (Å²) in [6.07, 6.45) is 6.16. The Labute approximate surface area is 122 Å². The van der Waals surface area contributed by atoms with Crippen LogP contribution in [0.15, 0.2) is 0 Å². The van der Waals surface area contributed by atoms with E-state index in [2.05, 4.69) is 6.92 Å². The molecule has 20 heavy (non-hydrogen) atoms. The zero-order chi connectivity index (χ0) is 15.2. The zero-order valence-electron chi connectivity index (χ0n) is 13.0. The lowest BCUT2D eigenvalue weighted by Gasteiger charge is -2.13. The van der Waals surface area contributed by atoms with Crippen LogP contribution in [0, 0.1) is 0 Å². The van der Waals surface area contributed by atoms with Gasteiger partial charge >= 0.3 is 11.9 Å². The van der Waals surface area contributed by atoms with Gasteiger partial charge in [-0.05, 0) is 26.2 Å². The lowest BCUT2D eigenvalue weighted by Crippen LogP contribution is -2.22. The van der Waals surface area contributed by atoms with Crippen LogP contribution < -0.4 is 0 Å². The SMILES string of the molecule is CCCCCCC(C)OC(=O)COCC(=O)OCCC. The molecule has 0 rings (SSSR count). The molecule has 0 aliphatic heterocycles. The van der Waals surface area contributed by atoms with Gasteiger partial charge in [-0.2, -0.15) is 0 Å². The van der Waals surface area contributed by atoms with Crippen molar-refractivity contribution in [3.8, 4) is 0 Å². The molecule has 0 heterocycles. The van der Waals surface area contributed by atoms with Gasteiger partial charge in [-0.1, -0.05) is 33.1 Å². The lowest BCUT2D eigenvalue weighted by molar-refractivity contribution is -0.158. The van der Waals surface area contributed by atoms with E-state index >= 15 is 0 Å². The van der Waals surface area contributed by atoms with Gasteiger partial charge in [0.05, 0.1) is 12.7 Å². The Kier molecular flexibility index (Phi) is 12.2. The van der Waals surface area contributed by atoms with Gasteiger partial charge in [0.15, 0.2) is 0 Å². The smallest absolute Gasteiger partial charge is 0.332 e. The second-order valence-electron chi connectivity index (χ2n) is 4.86. The molecule has 0 fully saturated rings. The molecule has 0 saturated heterocycles. The maximum atomic E-state index is 11.4. The third kappa shape index (κ3) is 12.0. The molecule has 1 unspecified atom stereocenters. The van der Waals surface area contributed by atoms with E-state index in [4.69, 9.17) is 14.2 Å². The summed E-state index contributed by atoms with van der Waals surface area (Å²) in [5.74, 6) is -0.886. The maximum absolute atomic E-state index is 11.4. The Morgan fingerprint density at radius 3 is 2.30 bits per heavy atom. The van der Waals surface area contributed by atoms with E-state index in [-0.39, 0.29) is 19.3 Å². The largest absolute Gasteiger partial charge is 0.464 e. The minimum absolute atomic E-state index is 0.102. The summed E-state index contributed by atoms with van der Waals surface area (Å²) >= 11 is 0. The summed E-state index contributed by atoms with van der Waals surface area (Å²) in [7, 11) is 0. The highest BCUT2D eigenvalue weighted by Gasteiger charge is 2.11. The van der Waals surface area contributed by atoms with Crippen molar-refractivity contribution in [2.75, 3.05) is 19.8 Å². The molecule has 5 heteroatoms. The number of unbranched alkanes of at least 4 members (excludes halogenated alkanes) is 3. The predicted molar refractivity (Wildman–Crippen MR) is 76.4 cm³/mol. The number of carbonyl (C=O) groups excluding carboxylic acids is 2. The fraction of sp³-hybridized carbons (Fsp3) is 0.867. The van der Waals surface area contributed by atoms with E-state index in [0.717, 1.165) is 25.7 Å². The summed E-state index contributed by atoms with van der Waals surface area (Å²) in [6.45, 7) is 5.90. The van der Waals surface area contributed by atoms with E-state index in [1.165, 1.54) is 12.8 Å². The van der Waals surface area contributed by atoms with Gasteiger partial charge in [0.1, 0.15) is 13.2 Å². The van der Waals surface area contributed by atoms with Gasteiger partial charge in [0.2, 0.25) is 0 Å². The van der Waals surface area contributed by atoms with Crippen molar-refractivity contribution in [3.05, 3.63) is 0 Å². The fourth-order valence-corrected chi connectivity index (χ4v) is 1.65. The summed E-state index contributed by atoms with van der Waals surface area (Å²) in [6, 6.07) is 0. The molecule has 0 amide bonds. The van der Waals surface area contributed by atoms with Crippen LogP contribution in [0.25, 0.3) is 0 Å². The average molecular weight is 288 g/mol. The highest BCUT2D eigenvalue weighted by atomic mass is 16.6. The minimum Gasteiger partial charge on any atom is -0.464 e. The molecule has 0 radical (unpaired) electrons. The number of rotatable bonds is 12. The van der Waals surface area contributed by atoms with E-state index in [9.17, 15) is 9.59 Å². The van der Waals surface area contributed by atoms with Crippen LogP contribution in [-0.2, 0) is 23.8 Å². The van der Waals surface area contributed by atoms with Crippen molar-refractivity contribution in [3.63, 3.8) is 0 Å². The van der Waals surface area contributed by atoms with E-state index < -0.39 is 11.9 Å². The molecule has 0 aromatic heterocycles. The first-order valence-corrected chi connectivity index (χ1v) is 7.53. The van der Waals surface area contributed by atoms with Crippen molar-refractivity contribution in [1.29, 1.82) is 0 Å². The topological polar surface area (TPSA) is 61.8 Å². The molecule has 0 aromatic carbocycles. The summed E-state index contributed by atoms with van der Waals surface area (Å²) in [5, 5.41) is 0. The van der Waals surface area contributed by atoms with E-state index in [1.807, 2.05) is 13.8 Å². The predicted octanol–water partition coefficient (Wildman–Crippen LogP) is 2.86. The van der Waals surface area contributed by atoms with Gasteiger partial charge in [-0.3, -0.25) is 0 Å². The van der Waals surface area contributed by atoms with Crippen molar-refractivity contribution >= 4 is 11.9 Å². The number of hydrogen-bond donors (Lipinski definition) is 0. The summed E-state index contributed by atoms with van der Waals surface area (Å²) < 4.78 is 14.9. The molecule has 0 saturated carbocycles. The standard InChI is InChI=1S/C15H28O5/c1-4-6-7-8-9-13(3)20-15(17)12-18-11-14(16)19-10-5-2/h13H,4-12H2,1-3H3. The average Bonchev–Trinajstić information content (AvgIpc) is 2.41. The quantitative estimate of drug-likeness (QED) is 0.408. The summed E-state index contributed by atoms with van der Waals surface area (Å²) in [4.78, 5) is 22.5. The van der Waals surface area contributed by atoms with Gasteiger partial charge in [-0.15, -0.1) is 0 Å². The number of esters is 2. The monoisotopic (exact) mass is 288 g/mol. The van der Waals surface area contributed by atoms with Crippen LogP contribution in [0.1, 0.15) is 59.3 Å². The second kappa shape index (κ2) is 12.9. The molecule has 0 aromatic rings. The highest BCUT2D eigenvalue weighted by molar-refractivity contribution is 5.73. The third-order valence-electron chi connectivity index (χ3n) is 2.70. The Balaban J connectivity index is 3.54. The van der Waals surface area contributed by atoms with Crippen molar-refractivity contribution in [1.82, 2.24) is 0 Å². The molecule has 1 atom stereocenters. The van der Waals surface area contributed by atoms with Crippen LogP contribution in [0.4, 0.5) is 0 Å². The van der Waals surface area contributed by atoms with E-state index in [0.29, 0.717) is 6.61 Å². The second-order valence-corrected chi connectivity index (χ2v) is 4.86. The van der Waals surface area contributed by atoms with Gasteiger partial charge in [0.25, 0.3) is 0 Å². The molecule has 0 spiro atoms. The minimum atomic E-state index is -0.452. The number of hydrogen-bond acceptors (Lipinski definition) is 5. The van der Waals surface area contributed by atoms with Gasteiger partial charge in [-0.25, -0.2) is 9.59 Å². The van der Waals surface area contributed by atoms with Crippen LogP contribution in [0.3, 0.4) is 0 Å². The maximum Gasteiger partial charge on any atom is 0.332 e.